The molecule has 1 aliphatic heterocycles. The van der Waals surface area contributed by atoms with Crippen LogP contribution in [-0.2, 0) is 19.6 Å². The summed E-state index contributed by atoms with van der Waals surface area (Å²) in [4.78, 5) is 30.3. The number of imide groups is 1. The van der Waals surface area contributed by atoms with Gasteiger partial charge in [-0.05, 0) is 42.5 Å². The van der Waals surface area contributed by atoms with Gasteiger partial charge < -0.3 is 10.1 Å². The van der Waals surface area contributed by atoms with Crippen LogP contribution in [0.4, 0.5) is 16.5 Å². The first kappa shape index (κ1) is 22.1. The van der Waals surface area contributed by atoms with Crippen LogP contribution in [0.25, 0.3) is 0 Å². The summed E-state index contributed by atoms with van der Waals surface area (Å²) >= 11 is 7.29. The topological polar surface area (TPSA) is 118 Å². The summed E-state index contributed by atoms with van der Waals surface area (Å²) in [6.45, 7) is 0. The van der Waals surface area contributed by atoms with Crippen molar-refractivity contribution in [2.75, 3.05) is 22.0 Å². The average molecular weight is 493 g/mol. The molecule has 2 amide bonds. The van der Waals surface area contributed by atoms with E-state index >= 15 is 0 Å². The first-order valence-corrected chi connectivity index (χ1v) is 12.0. The number of sulfonamides is 1. The van der Waals surface area contributed by atoms with Gasteiger partial charge in [-0.3, -0.25) is 14.3 Å². The second kappa shape index (κ2) is 8.77. The molecule has 1 atom stereocenters. The number of nitrogens with one attached hydrogen (secondary N) is 2. The highest BCUT2D eigenvalue weighted by molar-refractivity contribution is 7.93. The van der Waals surface area contributed by atoms with E-state index in [9.17, 15) is 18.0 Å². The second-order valence-electron chi connectivity index (χ2n) is 6.75. The fraction of sp³-hybridized carbons (Fsp3) is 0.150. The van der Waals surface area contributed by atoms with Crippen molar-refractivity contribution in [3.63, 3.8) is 0 Å². The fourth-order valence-electron chi connectivity index (χ4n) is 3.19. The van der Waals surface area contributed by atoms with E-state index in [2.05, 4.69) is 15.0 Å². The van der Waals surface area contributed by atoms with Crippen LogP contribution >= 0.6 is 22.9 Å². The zero-order valence-corrected chi connectivity index (χ0v) is 19.0. The predicted molar refractivity (Wildman–Crippen MR) is 122 cm³/mol. The van der Waals surface area contributed by atoms with Gasteiger partial charge in [0.05, 0.1) is 29.1 Å². The van der Waals surface area contributed by atoms with Crippen molar-refractivity contribution < 1.29 is 22.7 Å². The van der Waals surface area contributed by atoms with Crippen molar-refractivity contribution in [3.05, 3.63) is 59.1 Å². The minimum atomic E-state index is -3.78. The third-order valence-electron chi connectivity index (χ3n) is 4.70. The molecule has 4 rings (SSSR count). The number of thiazole rings is 1. The Morgan fingerprint density at radius 3 is 2.56 bits per heavy atom. The van der Waals surface area contributed by atoms with Crippen LogP contribution < -0.4 is 19.7 Å². The van der Waals surface area contributed by atoms with Crippen molar-refractivity contribution in [3.8, 4) is 5.75 Å². The summed E-state index contributed by atoms with van der Waals surface area (Å²) in [5, 5.41) is 5.19. The summed E-state index contributed by atoms with van der Waals surface area (Å²) in [6.07, 6.45) is 1.45. The lowest BCUT2D eigenvalue weighted by Gasteiger charge is -2.17. The van der Waals surface area contributed by atoms with E-state index in [-0.39, 0.29) is 27.4 Å². The number of hydrogen-bond donors (Lipinski definition) is 2. The Hall–Kier alpha value is -3.15. The standard InChI is InChI=1S/C20H17ClN4O5S2/c1-30-17-7-4-13(10-15(17)21)25-18(26)11-16(19(25)27)23-12-2-5-14(6-3-12)32(28,29)24-20-22-8-9-31-20/h2-10,16,23H,11H2,1H3,(H,22,24). The minimum absolute atomic E-state index is 0.0431. The minimum Gasteiger partial charge on any atom is -0.495 e. The van der Waals surface area contributed by atoms with E-state index in [4.69, 9.17) is 16.3 Å². The molecule has 1 fully saturated rings. The number of hydrogen-bond acceptors (Lipinski definition) is 8. The monoisotopic (exact) mass is 492 g/mol. The number of halogens is 1. The summed E-state index contributed by atoms with van der Waals surface area (Å²) in [6, 6.07) is 9.73. The van der Waals surface area contributed by atoms with Crippen molar-refractivity contribution in [2.24, 2.45) is 0 Å². The first-order chi connectivity index (χ1) is 15.3. The molecule has 2 heterocycles. The summed E-state index contributed by atoms with van der Waals surface area (Å²) < 4.78 is 32.4. The van der Waals surface area contributed by atoms with Gasteiger partial charge in [-0.25, -0.2) is 18.3 Å². The maximum absolute atomic E-state index is 12.8. The third-order valence-corrected chi connectivity index (χ3v) is 7.17. The number of nitrogens with zero attached hydrogens (tertiary/aromatic N) is 2. The molecule has 0 spiro atoms. The number of carbonyl (C=O) groups is 2. The zero-order valence-electron chi connectivity index (χ0n) is 16.6. The zero-order chi connectivity index (χ0) is 22.9. The van der Waals surface area contributed by atoms with Gasteiger partial charge in [0.1, 0.15) is 11.8 Å². The Morgan fingerprint density at radius 1 is 1.19 bits per heavy atom. The molecule has 1 saturated heterocycles. The summed E-state index contributed by atoms with van der Waals surface area (Å²) in [5.74, 6) is -0.373. The quantitative estimate of drug-likeness (QED) is 0.485. The van der Waals surface area contributed by atoms with Crippen LogP contribution in [0.2, 0.25) is 5.02 Å². The van der Waals surface area contributed by atoms with Gasteiger partial charge >= 0.3 is 0 Å². The summed E-state index contributed by atoms with van der Waals surface area (Å²) in [7, 11) is -2.31. The molecule has 32 heavy (non-hydrogen) atoms. The number of benzene rings is 2. The third kappa shape index (κ3) is 4.40. The molecule has 2 aromatic carbocycles. The second-order valence-corrected chi connectivity index (χ2v) is 9.74. The van der Waals surface area contributed by atoms with Crippen molar-refractivity contribution in [1.82, 2.24) is 4.98 Å². The van der Waals surface area contributed by atoms with E-state index in [1.807, 2.05) is 0 Å². The Balaban J connectivity index is 1.47. The lowest BCUT2D eigenvalue weighted by atomic mass is 10.2. The molecule has 12 heteroatoms. The van der Waals surface area contributed by atoms with Gasteiger partial charge in [0.2, 0.25) is 5.91 Å². The van der Waals surface area contributed by atoms with Crippen molar-refractivity contribution in [2.45, 2.75) is 17.4 Å². The smallest absolute Gasteiger partial charge is 0.263 e. The molecule has 0 bridgehead atoms. The molecule has 1 aliphatic rings. The lowest BCUT2D eigenvalue weighted by Crippen LogP contribution is -2.34. The number of amides is 2. The van der Waals surface area contributed by atoms with Crippen molar-refractivity contribution >= 4 is 61.3 Å². The Kier molecular flexibility index (Phi) is 6.04. The highest BCUT2D eigenvalue weighted by Crippen LogP contribution is 2.32. The highest BCUT2D eigenvalue weighted by Gasteiger charge is 2.39. The molecule has 0 saturated carbocycles. The predicted octanol–water partition coefficient (Wildman–Crippen LogP) is 3.35. The van der Waals surface area contributed by atoms with Gasteiger partial charge in [-0.2, -0.15) is 0 Å². The SMILES string of the molecule is COc1ccc(N2C(=O)CC(Nc3ccc(S(=O)(=O)Nc4nccs4)cc3)C2=O)cc1Cl. The molecule has 2 N–H and O–H groups in total. The highest BCUT2D eigenvalue weighted by atomic mass is 35.5. The Labute approximate surface area is 193 Å². The van der Waals surface area contributed by atoms with Gasteiger partial charge in [-0.1, -0.05) is 11.6 Å². The van der Waals surface area contributed by atoms with Gasteiger partial charge in [-0.15, -0.1) is 11.3 Å². The molecule has 9 nitrogen and oxygen atoms in total. The van der Waals surface area contributed by atoms with Crippen LogP contribution in [0.3, 0.4) is 0 Å². The van der Waals surface area contributed by atoms with E-state index in [0.29, 0.717) is 17.1 Å². The molecule has 0 radical (unpaired) electrons. The van der Waals surface area contributed by atoms with Crippen LogP contribution in [0.5, 0.6) is 5.75 Å². The first-order valence-electron chi connectivity index (χ1n) is 9.28. The lowest BCUT2D eigenvalue weighted by molar-refractivity contribution is -0.121. The normalized spacial score (nSPS) is 16.3. The van der Waals surface area contributed by atoms with Crippen LogP contribution in [0.1, 0.15) is 6.42 Å². The maximum Gasteiger partial charge on any atom is 0.263 e. The largest absolute Gasteiger partial charge is 0.495 e. The van der Waals surface area contributed by atoms with Gasteiger partial charge in [0, 0.05) is 17.3 Å². The molecule has 0 aliphatic carbocycles. The summed E-state index contributed by atoms with van der Waals surface area (Å²) in [5.41, 5.74) is 0.851. The van der Waals surface area contributed by atoms with Gasteiger partial charge in [0.25, 0.3) is 15.9 Å². The van der Waals surface area contributed by atoms with Crippen LogP contribution in [0, 0.1) is 0 Å². The van der Waals surface area contributed by atoms with Gasteiger partial charge in [0.15, 0.2) is 5.13 Å². The molecule has 166 valence electrons. The molecular formula is C20H17ClN4O5S2. The number of aromatic nitrogens is 1. The van der Waals surface area contributed by atoms with E-state index in [1.165, 1.54) is 55.0 Å². The molecule has 1 aromatic heterocycles. The molecule has 3 aromatic rings. The van der Waals surface area contributed by atoms with Crippen LogP contribution in [0.15, 0.2) is 58.9 Å². The van der Waals surface area contributed by atoms with E-state index in [0.717, 1.165) is 4.90 Å². The number of rotatable bonds is 7. The van der Waals surface area contributed by atoms with Crippen molar-refractivity contribution in [1.29, 1.82) is 0 Å². The fourth-order valence-corrected chi connectivity index (χ4v) is 5.23. The average Bonchev–Trinajstić information content (AvgIpc) is 3.35. The molecular weight excluding hydrogens is 476 g/mol. The number of ether oxygens (including phenoxy) is 1. The van der Waals surface area contributed by atoms with Crippen LogP contribution in [-0.4, -0.2) is 38.4 Å². The Morgan fingerprint density at radius 2 is 1.94 bits per heavy atom. The van der Waals surface area contributed by atoms with E-state index in [1.54, 1.807) is 17.5 Å². The molecule has 1 unspecified atom stereocenters. The Bertz CT molecular complexity index is 1260. The number of carbonyl (C=O) groups excluding carboxylic acids is 2. The van der Waals surface area contributed by atoms with E-state index < -0.39 is 22.0 Å². The maximum atomic E-state index is 12.8. The number of methoxy groups -OCH3 is 1. The number of anilines is 3.